The molecule has 0 amide bonds. The fraction of sp³-hybridized carbons (Fsp3) is 0.263. The molecule has 0 atom stereocenters. The molecule has 0 radical (unpaired) electrons. The Morgan fingerprint density at radius 1 is 1.16 bits per heavy atom. The molecule has 132 valence electrons. The zero-order chi connectivity index (χ0) is 17.7. The van der Waals surface area contributed by atoms with Gasteiger partial charge >= 0.3 is 0 Å². The number of ether oxygens (including phenoxy) is 2. The molecule has 2 rings (SSSR count). The van der Waals surface area contributed by atoms with Crippen molar-refractivity contribution in [2.24, 2.45) is 5.10 Å². The number of hydrazone groups is 1. The van der Waals surface area contributed by atoms with Gasteiger partial charge in [0.1, 0.15) is 5.75 Å². The average Bonchev–Trinajstić information content (AvgIpc) is 2.65. The topological polar surface area (TPSA) is 54.9 Å². The molecule has 2 aromatic carbocycles. The van der Waals surface area contributed by atoms with Gasteiger partial charge in [-0.05, 0) is 53.7 Å². The van der Waals surface area contributed by atoms with Crippen LogP contribution in [0.1, 0.15) is 25.3 Å². The van der Waals surface area contributed by atoms with Crippen LogP contribution in [0.2, 0.25) is 0 Å². The van der Waals surface area contributed by atoms with E-state index in [4.69, 9.17) is 9.47 Å². The Balaban J connectivity index is 1.93. The summed E-state index contributed by atoms with van der Waals surface area (Å²) in [5, 5.41) is 6.99. The van der Waals surface area contributed by atoms with E-state index in [1.165, 1.54) is 17.8 Å². The van der Waals surface area contributed by atoms with E-state index >= 15 is 0 Å². The van der Waals surface area contributed by atoms with Crippen LogP contribution in [0.5, 0.6) is 17.2 Å². The van der Waals surface area contributed by atoms with Crippen molar-refractivity contribution in [2.45, 2.75) is 19.8 Å². The number of hydrogen-bond donors (Lipinski definition) is 2. The van der Waals surface area contributed by atoms with Gasteiger partial charge in [0.25, 0.3) is 0 Å². The minimum absolute atomic E-state index is 0.649. The smallest absolute Gasteiger partial charge is 0.169 e. The first-order chi connectivity index (χ1) is 12.3. The molecular weight excluding hydrogens is 334 g/mol. The summed E-state index contributed by atoms with van der Waals surface area (Å²) in [5.41, 5.74) is 3.65. The molecule has 25 heavy (non-hydrogen) atoms. The van der Waals surface area contributed by atoms with Crippen molar-refractivity contribution >= 4 is 17.6 Å². The fourth-order valence-electron chi connectivity index (χ4n) is 1.96. The molecular formula is C19H23N3O2S. The van der Waals surface area contributed by atoms with Gasteiger partial charge in [-0.25, -0.2) is 10.1 Å². The highest BCUT2D eigenvalue weighted by molar-refractivity contribution is 7.86. The van der Waals surface area contributed by atoms with E-state index in [1.807, 2.05) is 48.5 Å². The number of benzene rings is 2. The van der Waals surface area contributed by atoms with Crippen LogP contribution in [-0.2, 0) is 0 Å². The number of unbranched alkanes of at least 4 members (excludes halogenated alkanes) is 1. The second kappa shape index (κ2) is 11.1. The molecule has 5 nitrogen and oxygen atoms in total. The molecule has 0 aliphatic carbocycles. The molecule has 6 heteroatoms. The molecule has 0 saturated heterocycles. The Kier molecular flexibility index (Phi) is 8.35. The van der Waals surface area contributed by atoms with Gasteiger partial charge in [0.05, 0.1) is 18.6 Å². The summed E-state index contributed by atoms with van der Waals surface area (Å²) in [6, 6.07) is 15.2. The molecule has 0 aliphatic rings. The van der Waals surface area contributed by atoms with Crippen molar-refractivity contribution in [1.82, 2.24) is 10.1 Å². The quantitative estimate of drug-likeness (QED) is 0.242. The highest BCUT2D eigenvalue weighted by Gasteiger charge is 2.06. The Hall–Kier alpha value is -2.53. The highest BCUT2D eigenvalue weighted by atomic mass is 32.1. The lowest BCUT2D eigenvalue weighted by Crippen LogP contribution is -2.02. The van der Waals surface area contributed by atoms with Crippen LogP contribution in [0, 0.1) is 5.31 Å². The first kappa shape index (κ1) is 18.8. The predicted octanol–water partition coefficient (Wildman–Crippen LogP) is 4.37. The minimum atomic E-state index is 0.649. The van der Waals surface area contributed by atoms with Crippen LogP contribution in [-0.4, -0.2) is 19.9 Å². The van der Waals surface area contributed by atoms with Crippen molar-refractivity contribution in [3.05, 3.63) is 54.1 Å². The Morgan fingerprint density at radius 3 is 2.76 bits per heavy atom. The Bertz CT molecular complexity index is 739. The van der Waals surface area contributed by atoms with E-state index in [-0.39, 0.29) is 0 Å². The van der Waals surface area contributed by atoms with E-state index in [0.29, 0.717) is 11.5 Å². The lowest BCUT2D eigenvalue weighted by atomic mass is 10.2. The molecule has 0 unspecified atom stereocenters. The first-order valence-electron chi connectivity index (χ1n) is 8.16. The number of hydrogen-bond acceptors (Lipinski definition) is 5. The maximum Gasteiger partial charge on any atom is 0.169 e. The molecule has 0 spiro atoms. The summed E-state index contributed by atoms with van der Waals surface area (Å²) in [4.78, 5) is 0. The van der Waals surface area contributed by atoms with E-state index in [9.17, 15) is 0 Å². The third kappa shape index (κ3) is 6.85. The second-order valence-electron chi connectivity index (χ2n) is 5.15. The summed E-state index contributed by atoms with van der Waals surface area (Å²) < 4.78 is 14.4. The van der Waals surface area contributed by atoms with Gasteiger partial charge in [0.2, 0.25) is 0 Å². The molecule has 0 saturated carbocycles. The number of nitrogens with one attached hydrogen (secondary N) is 2. The van der Waals surface area contributed by atoms with Crippen LogP contribution in [0.25, 0.3) is 0 Å². The fourth-order valence-corrected chi connectivity index (χ4v) is 2.37. The van der Waals surface area contributed by atoms with Gasteiger partial charge in [-0.2, -0.15) is 5.10 Å². The van der Waals surface area contributed by atoms with Gasteiger partial charge in [-0.1, -0.05) is 31.5 Å². The number of nitrogens with zero attached hydrogens (tertiary/aromatic N) is 1. The van der Waals surface area contributed by atoms with Gasteiger partial charge in [0.15, 0.2) is 11.5 Å². The van der Waals surface area contributed by atoms with Gasteiger partial charge in [-0.3, -0.25) is 0 Å². The maximum absolute atomic E-state index is 5.84. The summed E-state index contributed by atoms with van der Waals surface area (Å²) in [5.74, 6) is 2.07. The van der Waals surface area contributed by atoms with Crippen LogP contribution >= 0.6 is 11.4 Å². The van der Waals surface area contributed by atoms with Gasteiger partial charge in [0, 0.05) is 6.54 Å². The van der Waals surface area contributed by atoms with Gasteiger partial charge in [-0.15, -0.1) is 0 Å². The third-order valence-electron chi connectivity index (χ3n) is 3.24. The highest BCUT2D eigenvalue weighted by Crippen LogP contribution is 2.31. The Morgan fingerprint density at radius 2 is 2.00 bits per heavy atom. The SMILES string of the molecule is CCCCNS#CN/N=C/c1ccc(Oc2ccccc2)c(OC)c1. The third-order valence-corrected chi connectivity index (χ3v) is 3.78. The average molecular weight is 357 g/mol. The van der Waals surface area contributed by atoms with Crippen molar-refractivity contribution in [2.75, 3.05) is 13.7 Å². The van der Waals surface area contributed by atoms with E-state index in [0.717, 1.165) is 24.3 Å². The summed E-state index contributed by atoms with van der Waals surface area (Å²) in [7, 11) is 1.62. The molecule has 0 bridgehead atoms. The summed E-state index contributed by atoms with van der Waals surface area (Å²) in [6.45, 7) is 3.12. The molecule has 0 aromatic heterocycles. The largest absolute Gasteiger partial charge is 0.493 e. The number of methoxy groups -OCH3 is 1. The van der Waals surface area contributed by atoms with Crippen molar-refractivity contribution in [3.8, 4) is 22.6 Å². The van der Waals surface area contributed by atoms with E-state index < -0.39 is 0 Å². The van der Waals surface area contributed by atoms with Gasteiger partial charge < -0.3 is 9.47 Å². The predicted molar refractivity (Wildman–Crippen MR) is 105 cm³/mol. The molecule has 2 N–H and O–H groups in total. The van der Waals surface area contributed by atoms with Crippen molar-refractivity contribution < 1.29 is 9.47 Å². The number of rotatable bonds is 8. The van der Waals surface area contributed by atoms with E-state index in [1.54, 1.807) is 13.3 Å². The summed E-state index contributed by atoms with van der Waals surface area (Å²) in [6.07, 6.45) is 4.02. The minimum Gasteiger partial charge on any atom is -0.493 e. The molecule has 0 heterocycles. The maximum atomic E-state index is 5.84. The lowest BCUT2D eigenvalue weighted by molar-refractivity contribution is 0.379. The van der Waals surface area contributed by atoms with Crippen LogP contribution in [0.4, 0.5) is 0 Å². The lowest BCUT2D eigenvalue weighted by Gasteiger charge is -2.10. The van der Waals surface area contributed by atoms with E-state index in [2.05, 4.69) is 27.5 Å². The second-order valence-corrected chi connectivity index (χ2v) is 5.84. The van der Waals surface area contributed by atoms with Crippen LogP contribution < -0.4 is 19.6 Å². The van der Waals surface area contributed by atoms with Crippen molar-refractivity contribution in [1.29, 1.82) is 0 Å². The molecule has 2 aromatic rings. The first-order valence-corrected chi connectivity index (χ1v) is 8.98. The van der Waals surface area contributed by atoms with Crippen molar-refractivity contribution in [3.63, 3.8) is 0 Å². The number of para-hydroxylation sites is 1. The molecule has 0 fully saturated rings. The van der Waals surface area contributed by atoms with Crippen LogP contribution in [0.3, 0.4) is 0 Å². The zero-order valence-corrected chi connectivity index (χ0v) is 15.3. The monoisotopic (exact) mass is 357 g/mol. The zero-order valence-electron chi connectivity index (χ0n) is 14.5. The Labute approximate surface area is 152 Å². The normalized spacial score (nSPS) is 10.3. The van der Waals surface area contributed by atoms with Crippen LogP contribution in [0.15, 0.2) is 53.6 Å². The molecule has 0 aliphatic heterocycles. The summed E-state index contributed by atoms with van der Waals surface area (Å²) >= 11 is 1.37. The standard InChI is InChI=1S/C19H23N3O2S/c1-3-4-12-22-25-15-21-20-14-16-10-11-18(19(13-16)23-2)24-17-8-6-5-7-9-17/h5-11,13-14,21-22H,3-4,12H2,1-2H3/b20-14+.